The van der Waals surface area contributed by atoms with Crippen molar-refractivity contribution in [3.63, 3.8) is 0 Å². The molecular weight excluding hydrogens is 386 g/mol. The molecule has 3 aromatic rings. The van der Waals surface area contributed by atoms with Crippen LogP contribution in [0.3, 0.4) is 0 Å². The average Bonchev–Trinajstić information content (AvgIpc) is 3.10. The minimum atomic E-state index is -3.43. The third kappa shape index (κ3) is 3.93. The first-order chi connectivity index (χ1) is 14.0. The summed E-state index contributed by atoms with van der Waals surface area (Å²) in [6.07, 6.45) is 4.74. The summed E-state index contributed by atoms with van der Waals surface area (Å²) in [5.41, 5.74) is 2.49. The summed E-state index contributed by atoms with van der Waals surface area (Å²) in [7, 11) is -1.51. The van der Waals surface area contributed by atoms with Gasteiger partial charge in [-0.2, -0.15) is 4.31 Å². The summed E-state index contributed by atoms with van der Waals surface area (Å²) in [4.78, 5) is 13.0. The lowest BCUT2D eigenvalue weighted by atomic mass is 10.1. The molecule has 0 aliphatic carbocycles. The zero-order valence-corrected chi connectivity index (χ0v) is 17.3. The van der Waals surface area contributed by atoms with Crippen LogP contribution in [0.5, 0.6) is 0 Å². The van der Waals surface area contributed by atoms with Crippen LogP contribution >= 0.6 is 0 Å². The standard InChI is InChI=1S/C22H25N3O3S/c1-24-16-20(19-7-3-4-8-21(19)24)22(26)23-15-17-9-11-18(12-10-17)29(27,28)25-13-5-2-6-14-25/h3-4,7-12,16H,2,5-6,13-15H2,1H3,(H,23,26). The van der Waals surface area contributed by atoms with E-state index in [2.05, 4.69) is 5.32 Å². The summed E-state index contributed by atoms with van der Waals surface area (Å²) in [6.45, 7) is 1.52. The number of amides is 1. The van der Waals surface area contributed by atoms with E-state index in [-0.39, 0.29) is 5.91 Å². The fourth-order valence-electron chi connectivity index (χ4n) is 3.83. The number of nitrogens with one attached hydrogen (secondary N) is 1. The van der Waals surface area contributed by atoms with Gasteiger partial charge < -0.3 is 9.88 Å². The highest BCUT2D eigenvalue weighted by Gasteiger charge is 2.25. The van der Waals surface area contributed by atoms with Gasteiger partial charge in [-0.15, -0.1) is 0 Å². The summed E-state index contributed by atoms with van der Waals surface area (Å²) >= 11 is 0. The number of fused-ring (bicyclic) bond motifs is 1. The zero-order valence-electron chi connectivity index (χ0n) is 16.5. The van der Waals surface area contributed by atoms with Gasteiger partial charge in [0.2, 0.25) is 10.0 Å². The van der Waals surface area contributed by atoms with Gasteiger partial charge in [0.25, 0.3) is 5.91 Å². The molecule has 1 N–H and O–H groups in total. The zero-order chi connectivity index (χ0) is 20.4. The number of carbonyl (C=O) groups is 1. The smallest absolute Gasteiger partial charge is 0.253 e. The number of aromatic nitrogens is 1. The molecule has 0 atom stereocenters. The van der Waals surface area contributed by atoms with E-state index in [1.165, 1.54) is 0 Å². The van der Waals surface area contributed by atoms with Crippen molar-refractivity contribution in [2.24, 2.45) is 7.05 Å². The van der Waals surface area contributed by atoms with Crippen LogP contribution in [-0.2, 0) is 23.6 Å². The summed E-state index contributed by atoms with van der Waals surface area (Å²) in [5.74, 6) is -0.146. The van der Waals surface area contributed by atoms with Gasteiger partial charge in [0, 0.05) is 43.8 Å². The topological polar surface area (TPSA) is 71.4 Å². The number of nitrogens with zero attached hydrogens (tertiary/aromatic N) is 2. The molecule has 0 saturated carbocycles. The third-order valence-electron chi connectivity index (χ3n) is 5.47. The molecule has 29 heavy (non-hydrogen) atoms. The largest absolute Gasteiger partial charge is 0.350 e. The average molecular weight is 412 g/mol. The molecule has 0 bridgehead atoms. The van der Waals surface area contributed by atoms with Crippen molar-refractivity contribution in [1.29, 1.82) is 0 Å². The lowest BCUT2D eigenvalue weighted by Crippen LogP contribution is -2.35. The van der Waals surface area contributed by atoms with Crippen molar-refractivity contribution in [3.8, 4) is 0 Å². The van der Waals surface area contributed by atoms with Crippen molar-refractivity contribution in [2.75, 3.05) is 13.1 Å². The Bertz CT molecular complexity index is 1130. The number of rotatable bonds is 5. The van der Waals surface area contributed by atoms with Gasteiger partial charge in [0.1, 0.15) is 0 Å². The highest BCUT2D eigenvalue weighted by molar-refractivity contribution is 7.89. The number of aryl methyl sites for hydroxylation is 1. The van der Waals surface area contributed by atoms with Crippen molar-refractivity contribution < 1.29 is 13.2 Å². The van der Waals surface area contributed by atoms with Gasteiger partial charge in [-0.25, -0.2) is 8.42 Å². The van der Waals surface area contributed by atoms with Gasteiger partial charge in [-0.1, -0.05) is 36.8 Å². The fourth-order valence-corrected chi connectivity index (χ4v) is 5.35. The lowest BCUT2D eigenvalue weighted by molar-refractivity contribution is 0.0952. The first kappa shape index (κ1) is 19.7. The highest BCUT2D eigenvalue weighted by atomic mass is 32.2. The Kier molecular flexibility index (Phi) is 5.43. The van der Waals surface area contributed by atoms with E-state index in [9.17, 15) is 13.2 Å². The van der Waals surface area contributed by atoms with Gasteiger partial charge in [0.05, 0.1) is 10.5 Å². The number of para-hydroxylation sites is 1. The number of hydrogen-bond donors (Lipinski definition) is 1. The molecule has 0 radical (unpaired) electrons. The molecule has 152 valence electrons. The first-order valence-corrected chi connectivity index (χ1v) is 11.3. The van der Waals surface area contributed by atoms with E-state index in [4.69, 9.17) is 0 Å². The van der Waals surface area contributed by atoms with E-state index < -0.39 is 10.0 Å². The molecule has 6 nitrogen and oxygen atoms in total. The molecule has 1 aliphatic rings. The van der Waals surface area contributed by atoms with Gasteiger partial charge in [-0.05, 0) is 36.6 Å². The molecule has 7 heteroatoms. The summed E-state index contributed by atoms with van der Waals surface area (Å²) < 4.78 is 29.0. The van der Waals surface area contributed by atoms with Crippen LogP contribution in [0.25, 0.3) is 10.9 Å². The van der Waals surface area contributed by atoms with Crippen molar-refractivity contribution in [3.05, 3.63) is 65.9 Å². The molecule has 1 saturated heterocycles. The van der Waals surface area contributed by atoms with Gasteiger partial charge >= 0.3 is 0 Å². The van der Waals surface area contributed by atoms with E-state index in [1.54, 1.807) is 28.6 Å². The van der Waals surface area contributed by atoms with Gasteiger partial charge in [0.15, 0.2) is 0 Å². The molecule has 0 unspecified atom stereocenters. The minimum Gasteiger partial charge on any atom is -0.350 e. The predicted molar refractivity (Wildman–Crippen MR) is 113 cm³/mol. The highest BCUT2D eigenvalue weighted by Crippen LogP contribution is 2.22. The molecule has 2 aromatic carbocycles. The molecule has 0 spiro atoms. The Morgan fingerprint density at radius 3 is 2.41 bits per heavy atom. The molecule has 1 fully saturated rings. The number of benzene rings is 2. The second-order valence-electron chi connectivity index (χ2n) is 7.46. The van der Waals surface area contributed by atoms with Crippen molar-refractivity contribution >= 4 is 26.8 Å². The van der Waals surface area contributed by atoms with Gasteiger partial charge in [-0.3, -0.25) is 4.79 Å². The monoisotopic (exact) mass is 411 g/mol. The van der Waals surface area contributed by atoms with Crippen LogP contribution in [0.1, 0.15) is 35.2 Å². The fraction of sp³-hybridized carbons (Fsp3) is 0.318. The number of hydrogen-bond acceptors (Lipinski definition) is 3. The Morgan fingerprint density at radius 2 is 1.69 bits per heavy atom. The molecule has 2 heterocycles. The Labute approximate surface area is 171 Å². The maximum absolute atomic E-state index is 12.7. The number of carbonyl (C=O) groups excluding carboxylic acids is 1. The van der Waals surface area contributed by atoms with Crippen molar-refractivity contribution in [2.45, 2.75) is 30.7 Å². The quantitative estimate of drug-likeness (QED) is 0.700. The molecule has 1 amide bonds. The van der Waals surface area contributed by atoms with Crippen LogP contribution in [0.4, 0.5) is 0 Å². The van der Waals surface area contributed by atoms with E-state index >= 15 is 0 Å². The molecule has 4 rings (SSSR count). The van der Waals surface area contributed by atoms with E-state index in [0.29, 0.717) is 30.1 Å². The lowest BCUT2D eigenvalue weighted by Gasteiger charge is -2.25. The van der Waals surface area contributed by atoms with E-state index in [0.717, 1.165) is 35.7 Å². The Balaban J connectivity index is 1.44. The SMILES string of the molecule is Cn1cc(C(=O)NCc2ccc(S(=O)(=O)N3CCCCC3)cc2)c2ccccc21. The third-order valence-corrected chi connectivity index (χ3v) is 7.38. The predicted octanol–water partition coefficient (Wildman–Crippen LogP) is 3.28. The first-order valence-electron chi connectivity index (χ1n) is 9.88. The number of sulfonamides is 1. The van der Waals surface area contributed by atoms with Crippen LogP contribution < -0.4 is 5.32 Å². The molecular formula is C22H25N3O3S. The normalized spacial score (nSPS) is 15.5. The maximum atomic E-state index is 12.7. The van der Waals surface area contributed by atoms with Crippen LogP contribution in [0.15, 0.2) is 59.6 Å². The van der Waals surface area contributed by atoms with Crippen LogP contribution in [0.2, 0.25) is 0 Å². The maximum Gasteiger partial charge on any atom is 0.253 e. The Hall–Kier alpha value is -2.64. The number of piperidine rings is 1. The minimum absolute atomic E-state index is 0.146. The summed E-state index contributed by atoms with van der Waals surface area (Å²) in [6, 6.07) is 14.6. The molecule has 1 aromatic heterocycles. The van der Waals surface area contributed by atoms with Crippen LogP contribution in [-0.4, -0.2) is 36.3 Å². The van der Waals surface area contributed by atoms with Crippen molar-refractivity contribution in [1.82, 2.24) is 14.2 Å². The summed E-state index contributed by atoms with van der Waals surface area (Å²) in [5, 5.41) is 3.84. The van der Waals surface area contributed by atoms with E-state index in [1.807, 2.05) is 42.1 Å². The second kappa shape index (κ2) is 8.00. The Morgan fingerprint density at radius 1 is 1.00 bits per heavy atom. The second-order valence-corrected chi connectivity index (χ2v) is 9.40. The molecule has 1 aliphatic heterocycles. The van der Waals surface area contributed by atoms with Crippen LogP contribution in [0, 0.1) is 0 Å².